The van der Waals surface area contributed by atoms with Gasteiger partial charge < -0.3 is 10.1 Å². The summed E-state index contributed by atoms with van der Waals surface area (Å²) in [6.45, 7) is 1.74. The third kappa shape index (κ3) is 3.66. The number of carbonyl (C=O) groups is 1. The van der Waals surface area contributed by atoms with Crippen molar-refractivity contribution in [2.75, 3.05) is 5.32 Å². The Hall–Kier alpha value is -2.00. The molecule has 0 aromatic heterocycles. The van der Waals surface area contributed by atoms with Gasteiger partial charge in [-0.05, 0) is 98.4 Å². The van der Waals surface area contributed by atoms with E-state index in [0.717, 1.165) is 23.4 Å². The molecule has 1 unspecified atom stereocenters. The van der Waals surface area contributed by atoms with Crippen LogP contribution in [0.25, 0.3) is 0 Å². The van der Waals surface area contributed by atoms with E-state index in [4.69, 9.17) is 16.3 Å². The molecule has 4 aliphatic rings. The van der Waals surface area contributed by atoms with Crippen LogP contribution < -0.4 is 10.1 Å². The molecular formula is C25H28ClNO2. The molecular weight excluding hydrogens is 382 g/mol. The summed E-state index contributed by atoms with van der Waals surface area (Å²) in [6.07, 6.45) is 7.80. The first-order chi connectivity index (χ1) is 14.0. The van der Waals surface area contributed by atoms with E-state index in [1.165, 1.54) is 44.1 Å². The quantitative estimate of drug-likeness (QED) is 0.637. The van der Waals surface area contributed by atoms with Crippen molar-refractivity contribution in [1.29, 1.82) is 0 Å². The smallest absolute Gasteiger partial charge is 0.265 e. The van der Waals surface area contributed by atoms with Gasteiger partial charge in [0.05, 0.1) is 5.02 Å². The van der Waals surface area contributed by atoms with Gasteiger partial charge in [0, 0.05) is 5.69 Å². The number of anilines is 1. The zero-order chi connectivity index (χ0) is 20.0. The van der Waals surface area contributed by atoms with Gasteiger partial charge in [0.15, 0.2) is 6.10 Å². The molecule has 4 heteroatoms. The summed E-state index contributed by atoms with van der Waals surface area (Å²) in [5, 5.41) is 3.48. The van der Waals surface area contributed by atoms with Gasteiger partial charge in [-0.15, -0.1) is 0 Å². The number of para-hydroxylation sites is 1. The molecule has 0 radical (unpaired) electrons. The van der Waals surface area contributed by atoms with Crippen molar-refractivity contribution < 1.29 is 9.53 Å². The molecule has 1 amide bonds. The van der Waals surface area contributed by atoms with E-state index >= 15 is 0 Å². The molecule has 4 bridgehead atoms. The molecule has 4 saturated carbocycles. The number of halogens is 1. The average Bonchev–Trinajstić information content (AvgIpc) is 2.69. The van der Waals surface area contributed by atoms with Gasteiger partial charge in [-0.1, -0.05) is 35.9 Å². The van der Waals surface area contributed by atoms with E-state index in [1.807, 2.05) is 24.3 Å². The lowest BCUT2D eigenvalue weighted by Gasteiger charge is -2.57. The monoisotopic (exact) mass is 409 g/mol. The minimum absolute atomic E-state index is 0.174. The fourth-order valence-electron chi connectivity index (χ4n) is 6.40. The first kappa shape index (κ1) is 19.0. The minimum atomic E-state index is -0.627. The zero-order valence-corrected chi connectivity index (χ0v) is 17.6. The molecule has 152 valence electrons. The third-order valence-electron chi connectivity index (χ3n) is 7.31. The normalized spacial score (nSPS) is 30.8. The zero-order valence-electron chi connectivity index (χ0n) is 16.9. The van der Waals surface area contributed by atoms with Crippen molar-refractivity contribution in [3.8, 4) is 5.75 Å². The Morgan fingerprint density at radius 2 is 1.59 bits per heavy atom. The molecule has 4 fully saturated rings. The Balaban J connectivity index is 1.25. The first-order valence-electron chi connectivity index (χ1n) is 10.8. The predicted molar refractivity (Wildman–Crippen MR) is 116 cm³/mol. The Morgan fingerprint density at radius 3 is 2.17 bits per heavy atom. The lowest BCUT2D eigenvalue weighted by atomic mass is 9.48. The highest BCUT2D eigenvalue weighted by molar-refractivity contribution is 6.32. The molecule has 0 heterocycles. The van der Waals surface area contributed by atoms with Crippen LogP contribution in [0.15, 0.2) is 48.5 Å². The van der Waals surface area contributed by atoms with Crippen LogP contribution in [0.2, 0.25) is 5.02 Å². The van der Waals surface area contributed by atoms with E-state index in [1.54, 1.807) is 19.1 Å². The van der Waals surface area contributed by atoms with Crippen LogP contribution in [-0.4, -0.2) is 12.0 Å². The third-order valence-corrected chi connectivity index (χ3v) is 7.62. The fraction of sp³-hybridized carbons (Fsp3) is 0.480. The number of carbonyl (C=O) groups excluding carboxylic acids is 1. The topological polar surface area (TPSA) is 38.3 Å². The summed E-state index contributed by atoms with van der Waals surface area (Å²) in [5.41, 5.74) is 2.67. The van der Waals surface area contributed by atoms with Crippen molar-refractivity contribution in [2.24, 2.45) is 17.8 Å². The maximum absolute atomic E-state index is 12.6. The molecule has 4 aliphatic carbocycles. The number of hydrogen-bond acceptors (Lipinski definition) is 2. The SMILES string of the molecule is CC(Oc1ccccc1Cl)C(=O)Nc1ccc(C23CC4CC(CC(C4)C2)C3)cc1. The molecule has 0 aliphatic heterocycles. The highest BCUT2D eigenvalue weighted by atomic mass is 35.5. The number of benzene rings is 2. The molecule has 3 nitrogen and oxygen atoms in total. The molecule has 0 spiro atoms. The lowest BCUT2D eigenvalue weighted by molar-refractivity contribution is -0.122. The van der Waals surface area contributed by atoms with E-state index in [-0.39, 0.29) is 5.91 Å². The second kappa shape index (κ2) is 7.36. The average molecular weight is 410 g/mol. The predicted octanol–water partition coefficient (Wildman–Crippen LogP) is 6.21. The molecule has 2 aromatic rings. The summed E-state index contributed by atoms with van der Waals surface area (Å²) in [5.74, 6) is 3.15. The van der Waals surface area contributed by atoms with Gasteiger partial charge in [-0.2, -0.15) is 0 Å². The van der Waals surface area contributed by atoms with Gasteiger partial charge >= 0.3 is 0 Å². The van der Waals surface area contributed by atoms with Gasteiger partial charge in [-0.3, -0.25) is 4.79 Å². The molecule has 0 saturated heterocycles. The Labute approximate surface area is 177 Å². The Bertz CT molecular complexity index is 872. The number of nitrogens with one attached hydrogen (secondary N) is 1. The summed E-state index contributed by atoms with van der Waals surface area (Å²) >= 11 is 6.12. The minimum Gasteiger partial charge on any atom is -0.479 e. The van der Waals surface area contributed by atoms with Crippen LogP contribution in [-0.2, 0) is 10.2 Å². The first-order valence-corrected chi connectivity index (χ1v) is 11.2. The van der Waals surface area contributed by atoms with Gasteiger partial charge in [0.25, 0.3) is 5.91 Å². The van der Waals surface area contributed by atoms with E-state index in [2.05, 4.69) is 17.4 Å². The van der Waals surface area contributed by atoms with Crippen LogP contribution >= 0.6 is 11.6 Å². The van der Waals surface area contributed by atoms with Crippen LogP contribution in [0.3, 0.4) is 0 Å². The van der Waals surface area contributed by atoms with Crippen LogP contribution in [0, 0.1) is 17.8 Å². The summed E-state index contributed by atoms with van der Waals surface area (Å²) in [7, 11) is 0. The Morgan fingerprint density at radius 1 is 1.00 bits per heavy atom. The summed E-state index contributed by atoms with van der Waals surface area (Å²) in [6, 6.07) is 15.8. The van der Waals surface area contributed by atoms with Crippen molar-refractivity contribution >= 4 is 23.2 Å². The van der Waals surface area contributed by atoms with Gasteiger partial charge in [0.2, 0.25) is 0 Å². The van der Waals surface area contributed by atoms with Crippen molar-refractivity contribution in [1.82, 2.24) is 0 Å². The van der Waals surface area contributed by atoms with Crippen molar-refractivity contribution in [3.05, 3.63) is 59.1 Å². The molecule has 1 N–H and O–H groups in total. The van der Waals surface area contributed by atoms with Crippen LogP contribution in [0.5, 0.6) is 5.75 Å². The number of ether oxygens (including phenoxy) is 1. The molecule has 2 aromatic carbocycles. The van der Waals surface area contributed by atoms with E-state index < -0.39 is 6.10 Å². The Kier molecular flexibility index (Phi) is 4.82. The van der Waals surface area contributed by atoms with Crippen molar-refractivity contribution in [2.45, 2.75) is 57.0 Å². The highest BCUT2D eigenvalue weighted by Crippen LogP contribution is 2.60. The van der Waals surface area contributed by atoms with E-state index in [9.17, 15) is 4.79 Å². The van der Waals surface area contributed by atoms with Crippen LogP contribution in [0.4, 0.5) is 5.69 Å². The number of amides is 1. The fourth-order valence-corrected chi connectivity index (χ4v) is 6.58. The second-order valence-electron chi connectivity index (χ2n) is 9.45. The maximum atomic E-state index is 12.6. The molecule has 1 atom stereocenters. The summed E-state index contributed by atoms with van der Waals surface area (Å²) in [4.78, 5) is 12.6. The largest absolute Gasteiger partial charge is 0.479 e. The second-order valence-corrected chi connectivity index (χ2v) is 9.86. The summed E-state index contributed by atoms with van der Waals surface area (Å²) < 4.78 is 5.72. The molecule has 29 heavy (non-hydrogen) atoms. The van der Waals surface area contributed by atoms with Gasteiger partial charge in [0.1, 0.15) is 5.75 Å². The highest BCUT2D eigenvalue weighted by Gasteiger charge is 2.51. The van der Waals surface area contributed by atoms with E-state index in [0.29, 0.717) is 16.2 Å². The van der Waals surface area contributed by atoms with Crippen LogP contribution in [0.1, 0.15) is 51.0 Å². The maximum Gasteiger partial charge on any atom is 0.265 e. The van der Waals surface area contributed by atoms with Gasteiger partial charge in [-0.25, -0.2) is 0 Å². The lowest BCUT2D eigenvalue weighted by Crippen LogP contribution is -2.48. The number of hydrogen-bond donors (Lipinski definition) is 1. The number of rotatable bonds is 5. The molecule has 6 rings (SSSR count). The standard InChI is InChI=1S/C25H28ClNO2/c1-16(29-23-5-3-2-4-22(23)26)24(28)27-21-8-6-20(7-9-21)25-13-17-10-18(14-25)12-19(11-17)15-25/h2-9,16-19H,10-15H2,1H3,(H,27,28). The van der Waals surface area contributed by atoms with Crippen molar-refractivity contribution in [3.63, 3.8) is 0 Å².